The molecule has 21 valence electrons. The van der Waals surface area contributed by atoms with Crippen LogP contribution in [0.5, 0.6) is 0 Å². The van der Waals surface area contributed by atoms with Gasteiger partial charge < -0.3 is 0 Å². The summed E-state index contributed by atoms with van der Waals surface area (Å²) in [5.74, 6) is 0. The van der Waals surface area contributed by atoms with E-state index in [0.29, 0.717) is 0 Å². The van der Waals surface area contributed by atoms with E-state index >= 15 is 0 Å². The molecular formula is H3SiTiWZr. The third-order valence-electron chi connectivity index (χ3n) is 0. The second kappa shape index (κ2) is 17.8. The van der Waals surface area contributed by atoms with E-state index in [4.69, 9.17) is 0 Å². The fraction of sp³-hybridized carbons (Fsp3) is 0. The van der Waals surface area contributed by atoms with Crippen molar-refractivity contribution in [2.24, 2.45) is 0 Å². The first-order valence-corrected chi connectivity index (χ1v) is 0. The Balaban J connectivity index is 0. The number of hydrogen-bond acceptors (Lipinski definition) is 0. The third kappa shape index (κ3) is 8.82. The molecule has 0 aliphatic rings. The van der Waals surface area contributed by atoms with Crippen molar-refractivity contribution >= 4 is 11.0 Å². The van der Waals surface area contributed by atoms with E-state index in [9.17, 15) is 0 Å². The zero-order valence-corrected chi connectivity index (χ0v) is 11.4. The van der Waals surface area contributed by atoms with E-state index in [1.54, 1.807) is 0 Å². The van der Waals surface area contributed by atoms with Crippen molar-refractivity contribution in [1.29, 1.82) is 0 Å². The molecule has 4 heavy (non-hydrogen) atoms. The molecule has 4 heteroatoms. The number of hydrogen-bond donors (Lipinski definition) is 0. The molecule has 0 heterocycles. The fourth-order valence-electron chi connectivity index (χ4n) is 0. The average Bonchev–Trinajstić information content (AvgIpc) is 0. The summed E-state index contributed by atoms with van der Waals surface area (Å²) in [6.07, 6.45) is 0. The van der Waals surface area contributed by atoms with Gasteiger partial charge in [0, 0.05) is 69.0 Å². The Kier molecular flexibility index (Phi) is 140. The molecule has 0 unspecified atom stereocenters. The molecule has 0 rings (SSSR count). The Labute approximate surface area is 78.8 Å². The van der Waals surface area contributed by atoms with Crippen LogP contribution >= 0.6 is 0 Å². The summed E-state index contributed by atoms with van der Waals surface area (Å²) in [7, 11) is 0. The summed E-state index contributed by atoms with van der Waals surface area (Å²) in [6.45, 7) is 0. The predicted octanol–water partition coefficient (Wildman–Crippen LogP) is -1.19. The maximum absolute atomic E-state index is 0. The molecule has 1 radical (unpaired) electrons. The quantitative estimate of drug-likeness (QED) is 0.480. The Bertz CT molecular complexity index is 8.00. The minimum absolute atomic E-state index is 0. The zero-order chi connectivity index (χ0) is 0. The normalized spacial score (nSPS) is 0. The molecule has 0 saturated carbocycles. The van der Waals surface area contributed by atoms with Crippen molar-refractivity contribution in [3.8, 4) is 0 Å². The summed E-state index contributed by atoms with van der Waals surface area (Å²) in [5.41, 5.74) is 0. The zero-order valence-electron chi connectivity index (χ0n) is 2.41. The summed E-state index contributed by atoms with van der Waals surface area (Å²) in [6, 6.07) is 0. The molecule has 0 amide bonds. The Morgan fingerprint density at radius 2 is 1.00 bits per heavy atom. The van der Waals surface area contributed by atoms with Crippen molar-refractivity contribution in [3.05, 3.63) is 0 Å². The van der Waals surface area contributed by atoms with Crippen LogP contribution in [-0.2, 0) is 69.0 Å². The second-order valence-electron chi connectivity index (χ2n) is 0. The maximum atomic E-state index is 0. The first kappa shape index (κ1) is 31.4. The summed E-state index contributed by atoms with van der Waals surface area (Å²) >= 11 is 0. The van der Waals surface area contributed by atoms with Gasteiger partial charge in [-0.2, -0.15) is 0 Å². The molecule has 0 aromatic carbocycles. The molecule has 0 spiro atoms. The maximum Gasteiger partial charge on any atom is 0 e. The van der Waals surface area contributed by atoms with E-state index in [1.807, 2.05) is 0 Å². The first-order chi connectivity index (χ1) is 0. The van der Waals surface area contributed by atoms with Gasteiger partial charge >= 0.3 is 0 Å². The summed E-state index contributed by atoms with van der Waals surface area (Å²) < 4.78 is 0. The van der Waals surface area contributed by atoms with Gasteiger partial charge in [0.2, 0.25) is 0 Å². The smallest absolute Gasteiger partial charge is 0 e. The molecular weight excluding hydrogens is 351 g/mol. The van der Waals surface area contributed by atoms with Crippen LogP contribution in [0, 0.1) is 0 Å². The van der Waals surface area contributed by atoms with E-state index in [-0.39, 0.29) is 80.0 Å². The fourth-order valence-corrected chi connectivity index (χ4v) is 0. The Morgan fingerprint density at radius 1 is 1.00 bits per heavy atom. The van der Waals surface area contributed by atoms with Gasteiger partial charge in [-0.3, -0.25) is 0 Å². The average molecular weight is 354 g/mol. The van der Waals surface area contributed by atoms with Crippen LogP contribution in [0.1, 0.15) is 0 Å². The molecule has 0 aliphatic heterocycles. The molecule has 0 saturated heterocycles. The monoisotopic (exact) mass is 353 g/mol. The van der Waals surface area contributed by atoms with E-state index < -0.39 is 0 Å². The minimum Gasteiger partial charge on any atom is -0.0125 e. The van der Waals surface area contributed by atoms with Gasteiger partial charge in [0.15, 0.2) is 0 Å². The Morgan fingerprint density at radius 3 is 1.00 bits per heavy atom. The van der Waals surface area contributed by atoms with Crippen LogP contribution in [0.4, 0.5) is 0 Å². The summed E-state index contributed by atoms with van der Waals surface area (Å²) in [4.78, 5) is 0. The van der Waals surface area contributed by atoms with Gasteiger partial charge in [-0.1, -0.05) is 0 Å². The predicted molar refractivity (Wildman–Crippen MR) is 9.94 cm³/mol. The van der Waals surface area contributed by atoms with Crippen molar-refractivity contribution in [1.82, 2.24) is 0 Å². The molecule has 0 nitrogen and oxygen atoms in total. The van der Waals surface area contributed by atoms with E-state index in [1.165, 1.54) is 0 Å². The van der Waals surface area contributed by atoms with Gasteiger partial charge in [0.1, 0.15) is 0 Å². The van der Waals surface area contributed by atoms with Crippen molar-refractivity contribution in [2.45, 2.75) is 0 Å². The van der Waals surface area contributed by atoms with Gasteiger partial charge in [-0.25, -0.2) is 0 Å². The van der Waals surface area contributed by atoms with Crippen molar-refractivity contribution < 1.29 is 69.0 Å². The topological polar surface area (TPSA) is 0 Å². The molecule has 0 aromatic rings. The van der Waals surface area contributed by atoms with Crippen LogP contribution in [-0.4, -0.2) is 11.0 Å². The Hall–Kier alpha value is 2.50. The molecule has 0 aliphatic carbocycles. The van der Waals surface area contributed by atoms with E-state index in [2.05, 4.69) is 0 Å². The van der Waals surface area contributed by atoms with E-state index in [0.717, 1.165) is 0 Å². The number of rotatable bonds is 0. The molecule has 0 aromatic heterocycles. The molecule has 0 fully saturated rings. The van der Waals surface area contributed by atoms with Crippen LogP contribution in [0.25, 0.3) is 0 Å². The second-order valence-corrected chi connectivity index (χ2v) is 0. The van der Waals surface area contributed by atoms with Gasteiger partial charge in [0.25, 0.3) is 0 Å². The van der Waals surface area contributed by atoms with Crippen LogP contribution in [0.15, 0.2) is 0 Å². The van der Waals surface area contributed by atoms with Gasteiger partial charge in [0.05, 0.1) is 0 Å². The van der Waals surface area contributed by atoms with Crippen LogP contribution < -0.4 is 0 Å². The van der Waals surface area contributed by atoms with Crippen molar-refractivity contribution in [2.75, 3.05) is 0 Å². The standard InChI is InChI=1S/H3Si.Ti.W.Zr/h1H3;;;. The van der Waals surface area contributed by atoms with Crippen molar-refractivity contribution in [3.63, 3.8) is 0 Å². The third-order valence-corrected chi connectivity index (χ3v) is 0. The molecule has 0 atom stereocenters. The largest absolute Gasteiger partial charge is 0.0125 e. The van der Waals surface area contributed by atoms with Gasteiger partial charge in [-0.05, 0) is 11.0 Å². The minimum atomic E-state index is 0. The van der Waals surface area contributed by atoms with Crippen LogP contribution in [0.3, 0.4) is 0 Å². The SMILES string of the molecule is [SiH3].[Ti].[W].[Zr]. The summed E-state index contributed by atoms with van der Waals surface area (Å²) in [5, 5.41) is 0. The molecule has 0 bridgehead atoms. The van der Waals surface area contributed by atoms with Crippen LogP contribution in [0.2, 0.25) is 0 Å². The first-order valence-electron chi connectivity index (χ1n) is 0. The van der Waals surface area contributed by atoms with Gasteiger partial charge in [-0.15, -0.1) is 0 Å². The molecule has 0 N–H and O–H groups in total.